The number of rotatable bonds is 5. The molecule has 0 fully saturated rings. The number of carbonyl (C=O) groups is 2. The number of nitrogens with one attached hydrogen (secondary N) is 2. The normalized spacial score (nSPS) is 14.0. The fraction of sp³-hybridized carbons (Fsp3) is 0.389. The summed E-state index contributed by atoms with van der Waals surface area (Å²) in [6, 6.07) is 7.37. The number of hydrogen-bond donors (Lipinski definition) is 3. The van der Waals surface area contributed by atoms with Gasteiger partial charge in [0.1, 0.15) is 5.82 Å². The van der Waals surface area contributed by atoms with Gasteiger partial charge in [0.05, 0.1) is 24.0 Å². The molecule has 0 radical (unpaired) electrons. The van der Waals surface area contributed by atoms with Crippen LogP contribution in [0.5, 0.6) is 0 Å². The average Bonchev–Trinajstić information content (AvgIpc) is 3.22. The van der Waals surface area contributed by atoms with Gasteiger partial charge in [0.2, 0.25) is 0 Å². The molecule has 2 heterocycles. The van der Waals surface area contributed by atoms with Gasteiger partial charge in [-0.25, -0.2) is 4.68 Å². The van der Waals surface area contributed by atoms with Crippen molar-refractivity contribution in [2.24, 2.45) is 0 Å². The lowest BCUT2D eigenvalue weighted by Crippen LogP contribution is -2.43. The molecule has 2 amide bonds. The molecule has 1 aromatic heterocycles. The van der Waals surface area contributed by atoms with E-state index in [1.165, 1.54) is 0 Å². The van der Waals surface area contributed by atoms with Crippen molar-refractivity contribution in [2.45, 2.75) is 37.8 Å². The summed E-state index contributed by atoms with van der Waals surface area (Å²) in [7, 11) is 0. The fourth-order valence-electron chi connectivity index (χ4n) is 2.71. The first kappa shape index (κ1) is 18.5. The molecule has 0 saturated heterocycles. The summed E-state index contributed by atoms with van der Waals surface area (Å²) in [6.45, 7) is 3.63. The van der Waals surface area contributed by atoms with Crippen molar-refractivity contribution in [3.8, 4) is 5.69 Å². The maximum absolute atomic E-state index is 12.4. The molecule has 7 nitrogen and oxygen atoms in total. The summed E-state index contributed by atoms with van der Waals surface area (Å²) in [6.07, 6.45) is 0.545. The summed E-state index contributed by atoms with van der Waals surface area (Å²) in [5.74, 6) is 0.538. The van der Waals surface area contributed by atoms with Gasteiger partial charge in [0.15, 0.2) is 0 Å². The number of fused-ring (bicyclic) bond motifs is 1. The van der Waals surface area contributed by atoms with Crippen molar-refractivity contribution in [2.75, 3.05) is 11.9 Å². The molecule has 1 aliphatic heterocycles. The zero-order chi connectivity index (χ0) is 18.7. The van der Waals surface area contributed by atoms with Crippen LogP contribution >= 0.6 is 11.8 Å². The molecule has 2 aromatic rings. The standard InChI is InChI=1S/C18H22N4O3S/c1-3-12(8-23)19-17(24)18(25)20-16-14-9-26-10-15(14)21-22(16)13-6-4-11(2)5-7-13/h4-7,12,23H,3,8-10H2,1-2H3,(H,19,24)(H,20,25)/t12-/m0/s1. The summed E-state index contributed by atoms with van der Waals surface area (Å²) in [5.41, 5.74) is 3.83. The van der Waals surface area contributed by atoms with E-state index in [0.717, 1.165) is 34.0 Å². The highest BCUT2D eigenvalue weighted by molar-refractivity contribution is 7.98. The molecule has 26 heavy (non-hydrogen) atoms. The van der Waals surface area contributed by atoms with Crippen LogP contribution in [-0.4, -0.2) is 39.4 Å². The highest BCUT2D eigenvalue weighted by Crippen LogP contribution is 2.36. The van der Waals surface area contributed by atoms with Crippen molar-refractivity contribution < 1.29 is 14.7 Å². The Morgan fingerprint density at radius 1 is 1.27 bits per heavy atom. The van der Waals surface area contributed by atoms with Crippen LogP contribution < -0.4 is 10.6 Å². The molecule has 0 bridgehead atoms. The minimum atomic E-state index is -0.762. The van der Waals surface area contributed by atoms with Gasteiger partial charge in [-0.2, -0.15) is 16.9 Å². The lowest BCUT2D eigenvalue weighted by molar-refractivity contribution is -0.136. The first-order valence-electron chi connectivity index (χ1n) is 8.51. The zero-order valence-corrected chi connectivity index (χ0v) is 15.6. The van der Waals surface area contributed by atoms with Crippen molar-refractivity contribution in [1.29, 1.82) is 0 Å². The van der Waals surface area contributed by atoms with Crippen LogP contribution in [0.2, 0.25) is 0 Å². The third-order valence-electron chi connectivity index (χ3n) is 4.32. The highest BCUT2D eigenvalue weighted by atomic mass is 32.2. The fourth-order valence-corrected chi connectivity index (χ4v) is 3.74. The molecule has 1 atom stereocenters. The number of aryl methyl sites for hydroxylation is 1. The lowest BCUT2D eigenvalue weighted by atomic mass is 10.2. The number of benzene rings is 1. The third-order valence-corrected chi connectivity index (χ3v) is 5.29. The zero-order valence-electron chi connectivity index (χ0n) is 14.8. The minimum absolute atomic E-state index is 0.205. The SMILES string of the molecule is CC[C@@H](CO)NC(=O)C(=O)Nc1c2c(nn1-c1ccc(C)cc1)CSC2. The highest BCUT2D eigenvalue weighted by Gasteiger charge is 2.27. The van der Waals surface area contributed by atoms with Gasteiger partial charge in [0.25, 0.3) is 0 Å². The summed E-state index contributed by atoms with van der Waals surface area (Å²) < 4.78 is 1.68. The minimum Gasteiger partial charge on any atom is -0.394 e. The largest absolute Gasteiger partial charge is 0.394 e. The second-order valence-electron chi connectivity index (χ2n) is 6.23. The first-order chi connectivity index (χ1) is 12.5. The first-order valence-corrected chi connectivity index (χ1v) is 9.67. The van der Waals surface area contributed by atoms with Crippen LogP contribution in [0.25, 0.3) is 5.69 Å². The van der Waals surface area contributed by atoms with E-state index in [1.807, 2.05) is 38.1 Å². The molecule has 1 aromatic carbocycles. The Hall–Kier alpha value is -2.32. The van der Waals surface area contributed by atoms with Gasteiger partial charge in [0, 0.05) is 17.1 Å². The molecule has 1 aliphatic rings. The Bertz CT molecular complexity index is 813. The second kappa shape index (κ2) is 7.92. The topological polar surface area (TPSA) is 96.2 Å². The number of nitrogens with zero attached hydrogens (tertiary/aromatic N) is 2. The average molecular weight is 374 g/mol. The monoisotopic (exact) mass is 374 g/mol. The van der Waals surface area contributed by atoms with Gasteiger partial charge < -0.3 is 15.7 Å². The maximum atomic E-state index is 12.4. The number of hydrogen-bond acceptors (Lipinski definition) is 5. The van der Waals surface area contributed by atoms with E-state index in [2.05, 4.69) is 15.7 Å². The summed E-state index contributed by atoms with van der Waals surface area (Å²) >= 11 is 1.72. The Morgan fingerprint density at radius 2 is 2.00 bits per heavy atom. The number of carbonyl (C=O) groups excluding carboxylic acids is 2. The number of amides is 2. The van der Waals surface area contributed by atoms with Gasteiger partial charge in [-0.1, -0.05) is 24.6 Å². The second-order valence-corrected chi connectivity index (χ2v) is 7.21. The van der Waals surface area contributed by atoms with Crippen molar-refractivity contribution in [3.63, 3.8) is 0 Å². The van der Waals surface area contributed by atoms with E-state index < -0.39 is 17.9 Å². The molecule has 0 aliphatic carbocycles. The Morgan fingerprint density at radius 3 is 2.65 bits per heavy atom. The van der Waals surface area contributed by atoms with Crippen LogP contribution in [0.3, 0.4) is 0 Å². The van der Waals surface area contributed by atoms with Crippen LogP contribution in [0.15, 0.2) is 24.3 Å². The molecular weight excluding hydrogens is 352 g/mol. The Kier molecular flexibility index (Phi) is 5.63. The van der Waals surface area contributed by atoms with E-state index in [4.69, 9.17) is 0 Å². The van der Waals surface area contributed by atoms with Gasteiger partial charge in [-0.3, -0.25) is 9.59 Å². The van der Waals surface area contributed by atoms with E-state index in [9.17, 15) is 14.7 Å². The number of aliphatic hydroxyl groups excluding tert-OH is 1. The van der Waals surface area contributed by atoms with Crippen molar-refractivity contribution in [1.82, 2.24) is 15.1 Å². The summed E-state index contributed by atoms with van der Waals surface area (Å²) in [4.78, 5) is 24.5. The predicted molar refractivity (Wildman–Crippen MR) is 101 cm³/mol. The Labute approximate surface area is 156 Å². The number of thioether (sulfide) groups is 1. The third kappa shape index (κ3) is 3.76. The quantitative estimate of drug-likeness (QED) is 0.693. The molecule has 3 rings (SSSR count). The molecule has 0 saturated carbocycles. The number of aromatic nitrogens is 2. The number of anilines is 1. The van der Waals surface area contributed by atoms with Crippen LogP contribution in [0.1, 0.15) is 30.2 Å². The maximum Gasteiger partial charge on any atom is 0.314 e. The van der Waals surface area contributed by atoms with Crippen LogP contribution in [0.4, 0.5) is 5.82 Å². The molecule has 138 valence electrons. The van der Waals surface area contributed by atoms with E-state index in [1.54, 1.807) is 16.4 Å². The molecular formula is C18H22N4O3S. The van der Waals surface area contributed by atoms with Crippen LogP contribution in [-0.2, 0) is 21.1 Å². The van der Waals surface area contributed by atoms with E-state index in [0.29, 0.717) is 12.2 Å². The molecule has 0 spiro atoms. The Balaban J connectivity index is 1.86. The summed E-state index contributed by atoms with van der Waals surface area (Å²) in [5, 5.41) is 19.0. The van der Waals surface area contributed by atoms with Gasteiger partial charge in [-0.05, 0) is 25.5 Å². The smallest absolute Gasteiger partial charge is 0.314 e. The molecule has 3 N–H and O–H groups in total. The lowest BCUT2D eigenvalue weighted by Gasteiger charge is -2.15. The van der Waals surface area contributed by atoms with Gasteiger partial charge in [-0.15, -0.1) is 0 Å². The number of aliphatic hydroxyl groups is 1. The van der Waals surface area contributed by atoms with E-state index in [-0.39, 0.29) is 6.61 Å². The van der Waals surface area contributed by atoms with E-state index >= 15 is 0 Å². The van der Waals surface area contributed by atoms with Gasteiger partial charge >= 0.3 is 11.8 Å². The van der Waals surface area contributed by atoms with Crippen molar-refractivity contribution in [3.05, 3.63) is 41.1 Å². The molecule has 0 unspecified atom stereocenters. The molecule has 8 heteroatoms. The van der Waals surface area contributed by atoms with Crippen molar-refractivity contribution >= 4 is 29.4 Å². The predicted octanol–water partition coefficient (Wildman–Crippen LogP) is 1.75. The van der Waals surface area contributed by atoms with Crippen LogP contribution in [0, 0.1) is 6.92 Å².